The number of aryl methyl sites for hydroxylation is 1. The van der Waals surface area contributed by atoms with Gasteiger partial charge in [-0.25, -0.2) is 0 Å². The van der Waals surface area contributed by atoms with Gasteiger partial charge in [0.05, 0.1) is 24.1 Å². The Labute approximate surface area is 101 Å². The highest BCUT2D eigenvalue weighted by Crippen LogP contribution is 2.29. The molecule has 0 N–H and O–H groups in total. The summed E-state index contributed by atoms with van der Waals surface area (Å²) in [4.78, 5) is 3.97. The van der Waals surface area contributed by atoms with E-state index in [0.29, 0.717) is 5.69 Å². The summed E-state index contributed by atoms with van der Waals surface area (Å²) < 4.78 is 40.3. The number of hydrogen-bond donors (Lipinski definition) is 0. The Balaban J connectivity index is 3.20. The first-order valence-corrected chi connectivity index (χ1v) is 5.09. The van der Waals surface area contributed by atoms with Gasteiger partial charge in [-0.15, -0.1) is 24.8 Å². The van der Waals surface area contributed by atoms with Crippen LogP contribution in [-0.4, -0.2) is 11.3 Å². The van der Waals surface area contributed by atoms with Crippen molar-refractivity contribution in [3.8, 4) is 11.8 Å². The van der Waals surface area contributed by atoms with Gasteiger partial charge in [-0.3, -0.25) is 4.98 Å². The predicted octanol–water partition coefficient (Wildman–Crippen LogP) is 3.09. The third kappa shape index (κ3) is 3.79. The van der Waals surface area contributed by atoms with Crippen molar-refractivity contribution in [3.05, 3.63) is 23.0 Å². The Morgan fingerprint density at radius 2 is 2.18 bits per heavy atom. The van der Waals surface area contributed by atoms with Crippen LogP contribution in [0.5, 0.6) is 5.75 Å². The van der Waals surface area contributed by atoms with Crippen molar-refractivity contribution in [2.24, 2.45) is 0 Å². The highest BCUT2D eigenvalue weighted by Gasteiger charge is 2.32. The zero-order valence-corrected chi connectivity index (χ0v) is 9.56. The Bertz CT molecular complexity index is 454. The number of aromatic nitrogens is 1. The van der Waals surface area contributed by atoms with Crippen LogP contribution in [0.2, 0.25) is 0 Å². The molecule has 1 aromatic rings. The molecule has 0 amide bonds. The molecule has 92 valence electrons. The second-order valence-corrected chi connectivity index (χ2v) is 3.46. The average Bonchev–Trinajstić information content (AvgIpc) is 2.15. The number of hydrogen-bond acceptors (Lipinski definition) is 3. The quantitative estimate of drug-likeness (QED) is 0.788. The van der Waals surface area contributed by atoms with Gasteiger partial charge in [0, 0.05) is 17.3 Å². The summed E-state index contributed by atoms with van der Waals surface area (Å²) in [6.45, 7) is 1.52. The van der Waals surface area contributed by atoms with E-state index in [-0.39, 0.29) is 23.6 Å². The summed E-state index contributed by atoms with van der Waals surface area (Å²) in [5, 5.41) is 8.48. The summed E-state index contributed by atoms with van der Waals surface area (Å²) in [5.41, 5.74) is 0.718. The standard InChI is InChI=1S/C10H8ClF3N2O/c1-6-8(5-11)9(17-10(12,13)14)4-7(16-6)2-3-15/h4H,2,5H2,1H3. The average molecular weight is 265 g/mol. The lowest BCUT2D eigenvalue weighted by Gasteiger charge is -2.14. The Kier molecular flexibility index (Phi) is 4.18. The van der Waals surface area contributed by atoms with Crippen LogP contribution < -0.4 is 4.74 Å². The molecule has 0 aromatic carbocycles. The van der Waals surface area contributed by atoms with Crippen molar-refractivity contribution in [3.63, 3.8) is 0 Å². The van der Waals surface area contributed by atoms with Gasteiger partial charge < -0.3 is 4.74 Å². The molecule has 1 heterocycles. The van der Waals surface area contributed by atoms with Crippen molar-refractivity contribution in [2.75, 3.05) is 0 Å². The minimum atomic E-state index is -4.79. The molecule has 0 aliphatic heterocycles. The summed E-state index contributed by atoms with van der Waals surface area (Å²) in [5.74, 6) is -0.540. The van der Waals surface area contributed by atoms with Crippen molar-refractivity contribution in [2.45, 2.75) is 25.6 Å². The number of alkyl halides is 4. The van der Waals surface area contributed by atoms with Crippen LogP contribution in [0.15, 0.2) is 6.07 Å². The Hall–Kier alpha value is -1.48. The number of rotatable bonds is 3. The molecule has 0 aliphatic carbocycles. The topological polar surface area (TPSA) is 45.9 Å². The van der Waals surface area contributed by atoms with Crippen LogP contribution >= 0.6 is 11.6 Å². The summed E-state index contributed by atoms with van der Waals surface area (Å²) in [7, 11) is 0. The van der Waals surface area contributed by atoms with E-state index in [1.807, 2.05) is 0 Å². The van der Waals surface area contributed by atoms with Gasteiger partial charge in [0.2, 0.25) is 0 Å². The van der Waals surface area contributed by atoms with Crippen LogP contribution in [0.1, 0.15) is 17.0 Å². The molecule has 7 heteroatoms. The molecule has 0 fully saturated rings. The molecule has 0 unspecified atom stereocenters. The molecular formula is C10H8ClF3N2O. The molecule has 0 spiro atoms. The van der Waals surface area contributed by atoms with Gasteiger partial charge in [0.25, 0.3) is 0 Å². The van der Waals surface area contributed by atoms with Crippen LogP contribution in [0.3, 0.4) is 0 Å². The van der Waals surface area contributed by atoms with Crippen LogP contribution in [0, 0.1) is 18.3 Å². The predicted molar refractivity (Wildman–Crippen MR) is 54.5 cm³/mol. The molecule has 0 bridgehead atoms. The first-order chi connectivity index (χ1) is 7.87. The molecule has 0 saturated carbocycles. The normalized spacial score (nSPS) is 11.1. The maximum Gasteiger partial charge on any atom is 0.573 e. The van der Waals surface area contributed by atoms with Crippen LogP contribution in [0.25, 0.3) is 0 Å². The maximum atomic E-state index is 12.2. The summed E-state index contributed by atoms with van der Waals surface area (Å²) in [6, 6.07) is 2.89. The first-order valence-electron chi connectivity index (χ1n) is 4.55. The molecule has 1 aromatic heterocycles. The molecule has 17 heavy (non-hydrogen) atoms. The van der Waals surface area contributed by atoms with Crippen LogP contribution in [0.4, 0.5) is 13.2 Å². The fourth-order valence-electron chi connectivity index (χ4n) is 1.28. The summed E-state index contributed by atoms with van der Waals surface area (Å²) >= 11 is 5.54. The van der Waals surface area contributed by atoms with E-state index in [4.69, 9.17) is 16.9 Å². The van der Waals surface area contributed by atoms with E-state index in [1.165, 1.54) is 6.92 Å². The fourth-order valence-corrected chi connectivity index (χ4v) is 1.61. The van der Waals surface area contributed by atoms with Crippen molar-refractivity contribution in [1.82, 2.24) is 4.98 Å². The third-order valence-electron chi connectivity index (χ3n) is 1.96. The van der Waals surface area contributed by atoms with Gasteiger partial charge in [-0.05, 0) is 6.92 Å². The molecule has 0 radical (unpaired) electrons. The van der Waals surface area contributed by atoms with E-state index >= 15 is 0 Å². The van der Waals surface area contributed by atoms with E-state index in [9.17, 15) is 13.2 Å². The fraction of sp³-hybridized carbons (Fsp3) is 0.400. The number of ether oxygens (including phenoxy) is 1. The molecular weight excluding hydrogens is 257 g/mol. The van der Waals surface area contributed by atoms with E-state index in [1.54, 1.807) is 6.07 Å². The second-order valence-electron chi connectivity index (χ2n) is 3.19. The third-order valence-corrected chi connectivity index (χ3v) is 2.23. The second kappa shape index (κ2) is 5.23. The molecule has 0 saturated heterocycles. The number of nitrogens with zero attached hydrogens (tertiary/aromatic N) is 2. The van der Waals surface area contributed by atoms with Gasteiger partial charge >= 0.3 is 6.36 Å². The van der Waals surface area contributed by atoms with Gasteiger partial charge in [-0.2, -0.15) is 5.26 Å². The van der Waals surface area contributed by atoms with Crippen LogP contribution in [-0.2, 0) is 12.3 Å². The molecule has 1 rings (SSSR count). The smallest absolute Gasteiger partial charge is 0.405 e. The lowest BCUT2D eigenvalue weighted by molar-refractivity contribution is -0.274. The lowest BCUT2D eigenvalue weighted by Crippen LogP contribution is -2.19. The maximum absolute atomic E-state index is 12.2. The van der Waals surface area contributed by atoms with Gasteiger partial charge in [-0.1, -0.05) is 0 Å². The number of halogens is 4. The Morgan fingerprint density at radius 3 is 2.65 bits per heavy atom. The van der Waals surface area contributed by atoms with E-state index < -0.39 is 12.1 Å². The van der Waals surface area contributed by atoms with Crippen molar-refractivity contribution in [1.29, 1.82) is 5.26 Å². The lowest BCUT2D eigenvalue weighted by atomic mass is 10.1. The van der Waals surface area contributed by atoms with E-state index in [0.717, 1.165) is 6.07 Å². The van der Waals surface area contributed by atoms with Gasteiger partial charge in [0.1, 0.15) is 5.75 Å². The highest BCUT2D eigenvalue weighted by molar-refractivity contribution is 6.17. The first kappa shape index (κ1) is 13.6. The van der Waals surface area contributed by atoms with Crippen molar-refractivity contribution < 1.29 is 17.9 Å². The van der Waals surface area contributed by atoms with E-state index in [2.05, 4.69) is 9.72 Å². The molecule has 3 nitrogen and oxygen atoms in total. The zero-order valence-electron chi connectivity index (χ0n) is 8.81. The SMILES string of the molecule is Cc1nc(CC#N)cc(OC(F)(F)F)c1CCl. The minimum Gasteiger partial charge on any atom is -0.405 e. The Morgan fingerprint density at radius 1 is 1.53 bits per heavy atom. The summed E-state index contributed by atoms with van der Waals surface area (Å²) in [6.07, 6.45) is -4.88. The zero-order chi connectivity index (χ0) is 13.1. The number of pyridine rings is 1. The number of nitriles is 1. The minimum absolute atomic E-state index is 0.0857. The molecule has 0 atom stereocenters. The highest BCUT2D eigenvalue weighted by atomic mass is 35.5. The molecule has 0 aliphatic rings. The van der Waals surface area contributed by atoms with Gasteiger partial charge in [0.15, 0.2) is 0 Å². The van der Waals surface area contributed by atoms with Crippen molar-refractivity contribution >= 4 is 11.6 Å². The monoisotopic (exact) mass is 264 g/mol. The largest absolute Gasteiger partial charge is 0.573 e.